The Kier molecular flexibility index (Phi) is 7.28. The number of nitrogens with zero attached hydrogens (tertiary/aromatic N) is 2. The number of rotatable bonds is 9. The quantitative estimate of drug-likeness (QED) is 0.453. The topological polar surface area (TPSA) is 77.8 Å². The lowest BCUT2D eigenvalue weighted by molar-refractivity contribution is -0.128. The number of methoxy groups -OCH3 is 1. The molecule has 1 aromatic heterocycles. The number of amides is 1. The van der Waals surface area contributed by atoms with Crippen LogP contribution in [0, 0.1) is 13.8 Å². The van der Waals surface area contributed by atoms with Crippen molar-refractivity contribution in [2.45, 2.75) is 46.2 Å². The number of hydrogen-bond donors (Lipinski definition) is 0. The predicted octanol–water partition coefficient (Wildman–Crippen LogP) is 3.47. The van der Waals surface area contributed by atoms with E-state index in [4.69, 9.17) is 9.47 Å². The van der Waals surface area contributed by atoms with Crippen LogP contribution in [0.15, 0.2) is 30.3 Å². The average Bonchev–Trinajstić information content (AvgIpc) is 3.28. The Morgan fingerprint density at radius 1 is 1.16 bits per heavy atom. The summed E-state index contributed by atoms with van der Waals surface area (Å²) in [6.45, 7) is 7.41. The van der Waals surface area contributed by atoms with Gasteiger partial charge in [-0.1, -0.05) is 12.1 Å². The highest BCUT2D eigenvalue weighted by atomic mass is 16.5. The summed E-state index contributed by atoms with van der Waals surface area (Å²) < 4.78 is 12.5. The molecule has 1 aliphatic rings. The maximum Gasteiger partial charge on any atom is 0.338 e. The SMILES string of the molecule is COC[C@H](C)n1c(C)cc(C(=O)COC(=O)c2ccc(CN3CCCC3=O)cc2)c1C. The molecule has 1 fully saturated rings. The molecule has 0 radical (unpaired) electrons. The minimum atomic E-state index is -0.543. The van der Waals surface area contributed by atoms with E-state index in [1.165, 1.54) is 0 Å². The van der Waals surface area contributed by atoms with E-state index in [2.05, 4.69) is 4.57 Å². The Bertz CT molecular complexity index is 961. The van der Waals surface area contributed by atoms with Crippen LogP contribution in [0.3, 0.4) is 0 Å². The molecule has 0 spiro atoms. The summed E-state index contributed by atoms with van der Waals surface area (Å²) >= 11 is 0. The van der Waals surface area contributed by atoms with Crippen LogP contribution in [-0.2, 0) is 20.8 Å². The summed E-state index contributed by atoms with van der Waals surface area (Å²) in [4.78, 5) is 38.6. The van der Waals surface area contributed by atoms with Gasteiger partial charge in [0.15, 0.2) is 6.61 Å². The third-order valence-corrected chi connectivity index (χ3v) is 5.70. The molecule has 2 heterocycles. The van der Waals surface area contributed by atoms with Crippen molar-refractivity contribution < 1.29 is 23.9 Å². The van der Waals surface area contributed by atoms with Gasteiger partial charge >= 0.3 is 5.97 Å². The van der Waals surface area contributed by atoms with E-state index in [-0.39, 0.29) is 24.3 Å². The minimum absolute atomic E-state index is 0.100. The number of ketones is 1. The predicted molar refractivity (Wildman–Crippen MR) is 116 cm³/mol. The van der Waals surface area contributed by atoms with E-state index in [0.29, 0.717) is 30.7 Å². The Labute approximate surface area is 182 Å². The van der Waals surface area contributed by atoms with Gasteiger partial charge in [-0.05, 0) is 51.0 Å². The van der Waals surface area contributed by atoms with Crippen molar-refractivity contribution in [3.8, 4) is 0 Å². The zero-order valence-electron chi connectivity index (χ0n) is 18.6. The van der Waals surface area contributed by atoms with E-state index in [1.54, 1.807) is 19.2 Å². The molecule has 1 amide bonds. The first-order valence-corrected chi connectivity index (χ1v) is 10.6. The van der Waals surface area contributed by atoms with Gasteiger partial charge in [-0.3, -0.25) is 9.59 Å². The fraction of sp³-hybridized carbons (Fsp3) is 0.458. The first kappa shape index (κ1) is 22.7. The molecule has 31 heavy (non-hydrogen) atoms. The fourth-order valence-corrected chi connectivity index (χ4v) is 4.18. The first-order chi connectivity index (χ1) is 14.8. The minimum Gasteiger partial charge on any atom is -0.454 e. The third-order valence-electron chi connectivity index (χ3n) is 5.70. The normalized spacial score (nSPS) is 14.7. The van der Waals surface area contributed by atoms with Gasteiger partial charge in [0.1, 0.15) is 0 Å². The number of carbonyl (C=O) groups is 3. The third kappa shape index (κ3) is 5.22. The highest BCUT2D eigenvalue weighted by Crippen LogP contribution is 2.21. The number of likely N-dealkylation sites (tertiary alicyclic amines) is 1. The lowest BCUT2D eigenvalue weighted by Crippen LogP contribution is -2.23. The molecule has 0 aliphatic carbocycles. The number of aryl methyl sites for hydroxylation is 1. The van der Waals surface area contributed by atoms with Gasteiger partial charge in [0, 0.05) is 43.6 Å². The molecule has 7 nitrogen and oxygen atoms in total. The number of Topliss-reactive ketones (excluding diaryl/α,β-unsaturated/α-hetero) is 1. The van der Waals surface area contributed by atoms with Gasteiger partial charge in [0.05, 0.1) is 18.2 Å². The van der Waals surface area contributed by atoms with Crippen molar-refractivity contribution in [2.75, 3.05) is 26.9 Å². The summed E-state index contributed by atoms with van der Waals surface area (Å²) in [5, 5.41) is 0. The molecule has 1 atom stereocenters. The van der Waals surface area contributed by atoms with Crippen molar-refractivity contribution in [3.05, 3.63) is 58.4 Å². The Morgan fingerprint density at radius 2 is 1.87 bits per heavy atom. The van der Waals surface area contributed by atoms with Gasteiger partial charge < -0.3 is 18.9 Å². The molecule has 0 N–H and O–H groups in total. The van der Waals surface area contributed by atoms with E-state index >= 15 is 0 Å². The van der Waals surface area contributed by atoms with Gasteiger partial charge in [-0.2, -0.15) is 0 Å². The molecule has 1 aliphatic heterocycles. The zero-order valence-corrected chi connectivity index (χ0v) is 18.6. The Balaban J connectivity index is 1.58. The summed E-state index contributed by atoms with van der Waals surface area (Å²) in [5.74, 6) is -0.613. The second-order valence-electron chi connectivity index (χ2n) is 8.07. The Morgan fingerprint density at radius 3 is 2.48 bits per heavy atom. The highest BCUT2D eigenvalue weighted by molar-refractivity contribution is 6.00. The molecule has 0 saturated carbocycles. The van der Waals surface area contributed by atoms with E-state index in [0.717, 1.165) is 29.9 Å². The number of ether oxygens (including phenoxy) is 2. The Hall–Kier alpha value is -2.93. The first-order valence-electron chi connectivity index (χ1n) is 10.6. The van der Waals surface area contributed by atoms with Crippen LogP contribution < -0.4 is 0 Å². The van der Waals surface area contributed by atoms with E-state index in [9.17, 15) is 14.4 Å². The fourth-order valence-electron chi connectivity index (χ4n) is 4.18. The molecule has 1 aromatic carbocycles. The van der Waals surface area contributed by atoms with Crippen LogP contribution in [0.1, 0.15) is 63.5 Å². The maximum absolute atomic E-state index is 12.7. The van der Waals surface area contributed by atoms with Crippen molar-refractivity contribution in [1.82, 2.24) is 9.47 Å². The monoisotopic (exact) mass is 426 g/mol. The van der Waals surface area contributed by atoms with E-state index < -0.39 is 5.97 Å². The molecular weight excluding hydrogens is 396 g/mol. The lowest BCUT2D eigenvalue weighted by atomic mass is 10.1. The molecular formula is C24H30N2O5. The number of benzene rings is 1. The molecule has 3 rings (SSSR count). The smallest absolute Gasteiger partial charge is 0.338 e. The summed E-state index contributed by atoms with van der Waals surface area (Å²) in [7, 11) is 1.65. The molecule has 7 heteroatoms. The molecule has 0 bridgehead atoms. The maximum atomic E-state index is 12.7. The van der Waals surface area contributed by atoms with Crippen LogP contribution in [0.2, 0.25) is 0 Å². The highest BCUT2D eigenvalue weighted by Gasteiger charge is 2.21. The number of aromatic nitrogens is 1. The standard InChI is InChI=1S/C24H30N2O5/c1-16-12-21(18(3)26(16)17(2)14-30-4)22(27)15-31-24(29)20-9-7-19(8-10-20)13-25-11-5-6-23(25)28/h7-10,12,17H,5-6,11,13-15H2,1-4H3/t17-/m0/s1. The van der Waals surface area contributed by atoms with Crippen LogP contribution in [-0.4, -0.2) is 54.0 Å². The second kappa shape index (κ2) is 9.92. The van der Waals surface area contributed by atoms with Crippen LogP contribution in [0.25, 0.3) is 0 Å². The van der Waals surface area contributed by atoms with Gasteiger partial charge in [0.25, 0.3) is 0 Å². The van der Waals surface area contributed by atoms with E-state index in [1.807, 2.05) is 43.9 Å². The van der Waals surface area contributed by atoms with Crippen molar-refractivity contribution in [1.29, 1.82) is 0 Å². The number of hydrogen-bond acceptors (Lipinski definition) is 5. The number of esters is 1. The van der Waals surface area contributed by atoms with Crippen molar-refractivity contribution >= 4 is 17.7 Å². The molecule has 2 aromatic rings. The second-order valence-corrected chi connectivity index (χ2v) is 8.07. The summed E-state index contributed by atoms with van der Waals surface area (Å²) in [5.41, 5.74) is 3.69. The summed E-state index contributed by atoms with van der Waals surface area (Å²) in [6.07, 6.45) is 1.50. The van der Waals surface area contributed by atoms with Gasteiger partial charge in [0.2, 0.25) is 11.7 Å². The van der Waals surface area contributed by atoms with Crippen LogP contribution in [0.4, 0.5) is 0 Å². The zero-order chi connectivity index (χ0) is 22.5. The van der Waals surface area contributed by atoms with Crippen molar-refractivity contribution in [3.63, 3.8) is 0 Å². The largest absolute Gasteiger partial charge is 0.454 e. The van der Waals surface area contributed by atoms with Crippen LogP contribution in [0.5, 0.6) is 0 Å². The average molecular weight is 427 g/mol. The van der Waals surface area contributed by atoms with Gasteiger partial charge in [-0.25, -0.2) is 4.79 Å². The van der Waals surface area contributed by atoms with Crippen LogP contribution >= 0.6 is 0 Å². The number of carbonyl (C=O) groups excluding carboxylic acids is 3. The summed E-state index contributed by atoms with van der Waals surface area (Å²) in [6, 6.07) is 8.89. The molecule has 166 valence electrons. The molecule has 0 unspecified atom stereocenters. The molecule has 1 saturated heterocycles. The van der Waals surface area contributed by atoms with Gasteiger partial charge in [-0.15, -0.1) is 0 Å². The van der Waals surface area contributed by atoms with Crippen molar-refractivity contribution in [2.24, 2.45) is 0 Å². The lowest BCUT2D eigenvalue weighted by Gasteiger charge is -2.17.